The summed E-state index contributed by atoms with van der Waals surface area (Å²) in [5, 5.41) is 15.7. The third-order valence-corrected chi connectivity index (χ3v) is 8.23. The number of rotatable bonds is 6. The van der Waals surface area contributed by atoms with Crippen LogP contribution in [-0.2, 0) is 14.4 Å². The van der Waals surface area contributed by atoms with Crippen LogP contribution >= 0.6 is 11.8 Å². The molecule has 3 aliphatic heterocycles. The third-order valence-electron chi connectivity index (χ3n) is 6.28. The zero-order valence-corrected chi connectivity index (χ0v) is 17.5. The molecule has 8 heteroatoms. The van der Waals surface area contributed by atoms with Crippen molar-refractivity contribution in [1.29, 1.82) is 0 Å². The lowest BCUT2D eigenvalue weighted by Crippen LogP contribution is -2.58. The first-order valence-electron chi connectivity index (χ1n) is 9.82. The molecule has 152 valence electrons. The number of amides is 3. The summed E-state index contributed by atoms with van der Waals surface area (Å²) >= 11 is 1.65. The Hall–Kier alpha value is -1.28. The molecule has 3 aliphatic rings. The number of carbonyl (C=O) groups is 3. The van der Waals surface area contributed by atoms with Crippen molar-refractivity contribution in [2.24, 2.45) is 17.8 Å². The quantitative estimate of drug-likeness (QED) is 0.601. The van der Waals surface area contributed by atoms with Crippen molar-refractivity contribution in [3.63, 3.8) is 0 Å². The molecule has 7 nitrogen and oxygen atoms in total. The van der Waals surface area contributed by atoms with Gasteiger partial charge in [-0.1, -0.05) is 13.8 Å². The van der Waals surface area contributed by atoms with E-state index in [1.807, 2.05) is 27.7 Å². The van der Waals surface area contributed by atoms with E-state index in [2.05, 4.69) is 10.6 Å². The van der Waals surface area contributed by atoms with E-state index < -0.39 is 28.7 Å². The number of hydrogen-bond donors (Lipinski definition) is 3. The highest BCUT2D eigenvalue weighted by Gasteiger charge is 2.74. The first-order valence-corrected chi connectivity index (χ1v) is 10.7. The van der Waals surface area contributed by atoms with Crippen LogP contribution in [0.25, 0.3) is 0 Å². The number of nitrogens with zero attached hydrogens (tertiary/aromatic N) is 1. The maximum Gasteiger partial charge on any atom is 0.244 e. The Morgan fingerprint density at radius 3 is 2.48 bits per heavy atom. The Kier molecular flexibility index (Phi) is 5.51. The summed E-state index contributed by atoms with van der Waals surface area (Å²) in [7, 11) is 1.59. The van der Waals surface area contributed by atoms with Gasteiger partial charge in [-0.15, -0.1) is 11.8 Å². The van der Waals surface area contributed by atoms with Gasteiger partial charge in [-0.3, -0.25) is 14.4 Å². The molecule has 3 fully saturated rings. The molecular formula is C19H31N3O4S. The molecule has 1 spiro atoms. The van der Waals surface area contributed by atoms with E-state index in [4.69, 9.17) is 0 Å². The first-order chi connectivity index (χ1) is 12.7. The van der Waals surface area contributed by atoms with Gasteiger partial charge in [-0.25, -0.2) is 0 Å². The molecule has 0 aromatic heterocycles. The van der Waals surface area contributed by atoms with Crippen LogP contribution in [0.1, 0.15) is 40.5 Å². The van der Waals surface area contributed by atoms with Crippen molar-refractivity contribution < 1.29 is 19.5 Å². The molecule has 3 saturated heterocycles. The maximum absolute atomic E-state index is 13.5. The minimum Gasteiger partial charge on any atom is -0.394 e. The summed E-state index contributed by atoms with van der Waals surface area (Å²) in [6.45, 7) is 7.48. The average Bonchev–Trinajstić information content (AvgIpc) is 3.22. The highest BCUT2D eigenvalue weighted by Crippen LogP contribution is 2.66. The fraction of sp³-hybridized carbons (Fsp3) is 0.842. The van der Waals surface area contributed by atoms with E-state index in [1.54, 1.807) is 23.7 Å². The van der Waals surface area contributed by atoms with Gasteiger partial charge in [-0.05, 0) is 32.6 Å². The summed E-state index contributed by atoms with van der Waals surface area (Å²) in [5.74, 6) is -1.36. The van der Waals surface area contributed by atoms with Crippen LogP contribution in [0.4, 0.5) is 0 Å². The fourth-order valence-corrected chi connectivity index (χ4v) is 7.40. The summed E-state index contributed by atoms with van der Waals surface area (Å²) in [6, 6.07) is -1.14. The zero-order chi connectivity index (χ0) is 20.1. The van der Waals surface area contributed by atoms with Crippen LogP contribution in [0.2, 0.25) is 0 Å². The van der Waals surface area contributed by atoms with Gasteiger partial charge in [0.2, 0.25) is 17.7 Å². The lowest BCUT2D eigenvalue weighted by Gasteiger charge is -2.38. The Labute approximate surface area is 165 Å². The number of fused-ring (bicyclic) bond motifs is 1. The van der Waals surface area contributed by atoms with E-state index in [0.29, 0.717) is 0 Å². The second-order valence-electron chi connectivity index (χ2n) is 8.57. The largest absolute Gasteiger partial charge is 0.394 e. The predicted octanol–water partition coefficient (Wildman–Crippen LogP) is 0.365. The highest BCUT2D eigenvalue weighted by atomic mass is 32.2. The topological polar surface area (TPSA) is 98.7 Å². The van der Waals surface area contributed by atoms with Gasteiger partial charge in [-0.2, -0.15) is 0 Å². The standard InChI is InChI=1S/C19H31N3O4S/c1-9(2)11(8-23)22-15(17(25)21-10(3)4)19-7-6-12(27-19)13(16(24)20-5)14(19)18(22)26/h9-15,23H,6-8H2,1-5H3,(H,20,24)(H,21,25)/t11-,12-,13+,14-,15?,19?/m0/s1. The molecule has 0 radical (unpaired) electrons. The molecule has 0 aromatic carbocycles. The number of nitrogens with one attached hydrogen (secondary N) is 2. The van der Waals surface area contributed by atoms with Gasteiger partial charge < -0.3 is 20.6 Å². The molecular weight excluding hydrogens is 366 g/mol. The monoisotopic (exact) mass is 397 g/mol. The van der Waals surface area contributed by atoms with Crippen LogP contribution in [0.15, 0.2) is 0 Å². The summed E-state index contributed by atoms with van der Waals surface area (Å²) in [4.78, 5) is 41.0. The summed E-state index contributed by atoms with van der Waals surface area (Å²) in [5.41, 5.74) is 0. The van der Waals surface area contributed by atoms with E-state index >= 15 is 0 Å². The van der Waals surface area contributed by atoms with Crippen LogP contribution in [0.5, 0.6) is 0 Å². The van der Waals surface area contributed by atoms with E-state index in [1.165, 1.54) is 0 Å². The van der Waals surface area contributed by atoms with Gasteiger partial charge in [0, 0.05) is 18.3 Å². The van der Waals surface area contributed by atoms with E-state index in [0.717, 1.165) is 12.8 Å². The number of aliphatic hydroxyl groups excluding tert-OH is 1. The van der Waals surface area contributed by atoms with Crippen molar-refractivity contribution >= 4 is 29.5 Å². The lowest BCUT2D eigenvalue weighted by molar-refractivity contribution is -0.143. The Morgan fingerprint density at radius 2 is 1.96 bits per heavy atom. The SMILES string of the molecule is CNC(=O)[C@@H]1[C@@H]2CCC3(S2)C(C(=O)NC(C)C)N([C@@H](CO)C(C)C)C(=O)[C@H]13. The average molecular weight is 398 g/mol. The van der Waals surface area contributed by atoms with Gasteiger partial charge in [0.15, 0.2) is 0 Å². The van der Waals surface area contributed by atoms with Crippen molar-refractivity contribution in [2.75, 3.05) is 13.7 Å². The molecule has 2 unspecified atom stereocenters. The van der Waals surface area contributed by atoms with Crippen LogP contribution in [-0.4, -0.2) is 69.5 Å². The first kappa shape index (κ1) is 20.5. The molecule has 3 amide bonds. The molecule has 2 bridgehead atoms. The Balaban J connectivity index is 2.08. The number of thioether (sulfide) groups is 1. The molecule has 0 saturated carbocycles. The second kappa shape index (κ2) is 7.28. The van der Waals surface area contributed by atoms with Crippen LogP contribution < -0.4 is 10.6 Å². The Morgan fingerprint density at radius 1 is 1.30 bits per heavy atom. The molecule has 27 heavy (non-hydrogen) atoms. The second-order valence-corrected chi connectivity index (χ2v) is 10.2. The van der Waals surface area contributed by atoms with Gasteiger partial charge >= 0.3 is 0 Å². The summed E-state index contributed by atoms with van der Waals surface area (Å²) in [6.07, 6.45) is 1.58. The van der Waals surface area contributed by atoms with Crippen molar-refractivity contribution in [3.05, 3.63) is 0 Å². The maximum atomic E-state index is 13.5. The van der Waals surface area contributed by atoms with Crippen molar-refractivity contribution in [2.45, 2.75) is 68.7 Å². The number of aliphatic hydroxyl groups is 1. The molecule has 0 aliphatic carbocycles. The Bertz CT molecular complexity index is 640. The number of likely N-dealkylation sites (tertiary alicyclic amines) is 1. The molecule has 0 aromatic rings. The minimum absolute atomic E-state index is 0.00387. The van der Waals surface area contributed by atoms with Gasteiger partial charge in [0.25, 0.3) is 0 Å². The smallest absolute Gasteiger partial charge is 0.244 e. The summed E-state index contributed by atoms with van der Waals surface area (Å²) < 4.78 is -0.583. The molecule has 3 N–H and O–H groups in total. The van der Waals surface area contributed by atoms with E-state index in [-0.39, 0.29) is 41.5 Å². The normalized spacial score (nSPS) is 35.7. The van der Waals surface area contributed by atoms with Crippen molar-refractivity contribution in [1.82, 2.24) is 15.5 Å². The third kappa shape index (κ3) is 2.95. The van der Waals surface area contributed by atoms with Crippen LogP contribution in [0.3, 0.4) is 0 Å². The number of hydrogen-bond acceptors (Lipinski definition) is 5. The van der Waals surface area contributed by atoms with E-state index in [9.17, 15) is 19.5 Å². The highest BCUT2D eigenvalue weighted by molar-refractivity contribution is 8.02. The number of carbonyl (C=O) groups excluding carboxylic acids is 3. The predicted molar refractivity (Wildman–Crippen MR) is 104 cm³/mol. The molecule has 3 heterocycles. The fourth-order valence-electron chi connectivity index (χ4n) is 5.20. The van der Waals surface area contributed by atoms with Gasteiger partial charge in [0.1, 0.15) is 6.04 Å². The zero-order valence-electron chi connectivity index (χ0n) is 16.7. The van der Waals surface area contributed by atoms with Crippen molar-refractivity contribution in [3.8, 4) is 0 Å². The minimum atomic E-state index is -0.651. The molecule has 6 atom stereocenters. The lowest BCUT2D eigenvalue weighted by atomic mass is 9.70. The molecule has 3 rings (SSSR count). The van der Waals surface area contributed by atoms with Crippen LogP contribution in [0, 0.1) is 17.8 Å². The van der Waals surface area contributed by atoms with Gasteiger partial charge in [0.05, 0.1) is 29.2 Å².